The molecular weight excluding hydrogens is 246 g/mol. The summed E-state index contributed by atoms with van der Waals surface area (Å²) >= 11 is 0. The molecule has 0 aliphatic carbocycles. The maximum absolute atomic E-state index is 9.17. The quantitative estimate of drug-likeness (QED) is 0.811. The molecule has 0 aromatic carbocycles. The highest BCUT2D eigenvalue weighted by atomic mass is 16.5. The van der Waals surface area contributed by atoms with Crippen molar-refractivity contribution >= 4 is 11.9 Å². The molecule has 7 heteroatoms. The number of piperidine rings is 1. The Bertz CT molecular complexity index is 391. The van der Waals surface area contributed by atoms with Crippen LogP contribution in [0.3, 0.4) is 0 Å². The van der Waals surface area contributed by atoms with Crippen molar-refractivity contribution in [3.8, 4) is 6.01 Å². The summed E-state index contributed by atoms with van der Waals surface area (Å²) in [5.41, 5.74) is 0. The number of hydrogen-bond donors (Lipinski definition) is 2. The number of aromatic nitrogens is 3. The lowest BCUT2D eigenvalue weighted by Crippen LogP contribution is -2.41. The Balaban J connectivity index is 2.26. The van der Waals surface area contributed by atoms with Gasteiger partial charge in [0.25, 0.3) is 0 Å². The maximum Gasteiger partial charge on any atom is 0.322 e. The van der Waals surface area contributed by atoms with Gasteiger partial charge >= 0.3 is 6.01 Å². The Kier molecular flexibility index (Phi) is 4.73. The fourth-order valence-corrected chi connectivity index (χ4v) is 2.39. The molecule has 0 spiro atoms. The molecule has 106 valence electrons. The van der Waals surface area contributed by atoms with Crippen molar-refractivity contribution in [2.45, 2.75) is 31.7 Å². The van der Waals surface area contributed by atoms with Crippen LogP contribution in [0.1, 0.15) is 25.7 Å². The van der Waals surface area contributed by atoms with E-state index in [4.69, 9.17) is 9.84 Å². The van der Waals surface area contributed by atoms with Crippen LogP contribution in [0.5, 0.6) is 6.01 Å². The van der Waals surface area contributed by atoms with Gasteiger partial charge in [0.15, 0.2) is 0 Å². The summed E-state index contributed by atoms with van der Waals surface area (Å²) in [6, 6.07) is 0.596. The van der Waals surface area contributed by atoms with Gasteiger partial charge in [0.2, 0.25) is 11.9 Å². The first-order valence-electron chi connectivity index (χ1n) is 6.63. The van der Waals surface area contributed by atoms with E-state index in [0.29, 0.717) is 17.9 Å². The van der Waals surface area contributed by atoms with E-state index in [9.17, 15) is 0 Å². The molecule has 0 amide bonds. The molecule has 1 aromatic heterocycles. The van der Waals surface area contributed by atoms with E-state index in [-0.39, 0.29) is 12.6 Å². The molecule has 1 fully saturated rings. The van der Waals surface area contributed by atoms with Gasteiger partial charge < -0.3 is 20.1 Å². The molecule has 1 atom stereocenters. The SMILES string of the molecule is CNc1nc(OC)nc(N2CCCCC2CCO)n1. The van der Waals surface area contributed by atoms with Crippen molar-refractivity contribution < 1.29 is 9.84 Å². The molecule has 2 heterocycles. The van der Waals surface area contributed by atoms with E-state index in [1.807, 2.05) is 0 Å². The Hall–Kier alpha value is -1.63. The van der Waals surface area contributed by atoms with E-state index >= 15 is 0 Å². The molecule has 1 aliphatic heterocycles. The van der Waals surface area contributed by atoms with E-state index in [0.717, 1.165) is 25.8 Å². The van der Waals surface area contributed by atoms with Crippen LogP contribution in [0.2, 0.25) is 0 Å². The van der Waals surface area contributed by atoms with Crippen molar-refractivity contribution in [2.75, 3.05) is 37.5 Å². The van der Waals surface area contributed by atoms with Gasteiger partial charge in [-0.2, -0.15) is 15.0 Å². The number of anilines is 2. The van der Waals surface area contributed by atoms with Crippen LogP contribution in [0.4, 0.5) is 11.9 Å². The summed E-state index contributed by atoms with van der Waals surface area (Å²) in [5.74, 6) is 1.12. The van der Waals surface area contributed by atoms with Crippen molar-refractivity contribution in [2.24, 2.45) is 0 Å². The first-order valence-corrected chi connectivity index (χ1v) is 6.63. The largest absolute Gasteiger partial charge is 0.467 e. The van der Waals surface area contributed by atoms with Crippen LogP contribution < -0.4 is 15.0 Å². The fraction of sp³-hybridized carbons (Fsp3) is 0.750. The molecule has 0 radical (unpaired) electrons. The number of hydrogen-bond acceptors (Lipinski definition) is 7. The van der Waals surface area contributed by atoms with Crippen LogP contribution in [0.15, 0.2) is 0 Å². The lowest BCUT2D eigenvalue weighted by atomic mass is 10.0. The Morgan fingerprint density at radius 2 is 2.21 bits per heavy atom. The number of nitrogens with one attached hydrogen (secondary N) is 1. The van der Waals surface area contributed by atoms with Gasteiger partial charge in [-0.25, -0.2) is 0 Å². The fourth-order valence-electron chi connectivity index (χ4n) is 2.39. The molecule has 2 rings (SSSR count). The number of methoxy groups -OCH3 is 1. The third-order valence-electron chi connectivity index (χ3n) is 3.36. The molecule has 7 nitrogen and oxygen atoms in total. The molecular formula is C12H21N5O2. The number of ether oxygens (including phenoxy) is 1. The number of aliphatic hydroxyl groups excluding tert-OH is 1. The van der Waals surface area contributed by atoms with Gasteiger partial charge in [-0.3, -0.25) is 0 Å². The summed E-state index contributed by atoms with van der Waals surface area (Å²) in [4.78, 5) is 15.0. The van der Waals surface area contributed by atoms with E-state index < -0.39 is 0 Å². The van der Waals surface area contributed by atoms with E-state index in [1.165, 1.54) is 6.42 Å². The van der Waals surface area contributed by atoms with Crippen molar-refractivity contribution in [3.05, 3.63) is 0 Å². The van der Waals surface area contributed by atoms with Gasteiger partial charge in [-0.15, -0.1) is 0 Å². The minimum atomic E-state index is 0.183. The Morgan fingerprint density at radius 1 is 1.37 bits per heavy atom. The van der Waals surface area contributed by atoms with Gasteiger partial charge in [0, 0.05) is 26.2 Å². The van der Waals surface area contributed by atoms with Crippen LogP contribution >= 0.6 is 0 Å². The molecule has 2 N–H and O–H groups in total. The zero-order valence-corrected chi connectivity index (χ0v) is 11.5. The van der Waals surface area contributed by atoms with Gasteiger partial charge in [0.1, 0.15) is 0 Å². The summed E-state index contributed by atoms with van der Waals surface area (Å²) < 4.78 is 5.11. The highest BCUT2D eigenvalue weighted by Gasteiger charge is 2.25. The van der Waals surface area contributed by atoms with Crippen molar-refractivity contribution in [1.29, 1.82) is 0 Å². The summed E-state index contributed by atoms with van der Waals surface area (Å²) in [6.45, 7) is 1.09. The van der Waals surface area contributed by atoms with Gasteiger partial charge in [-0.05, 0) is 25.7 Å². The summed E-state index contributed by atoms with van der Waals surface area (Å²) in [7, 11) is 3.31. The zero-order valence-electron chi connectivity index (χ0n) is 11.5. The monoisotopic (exact) mass is 267 g/mol. The average molecular weight is 267 g/mol. The second kappa shape index (κ2) is 6.51. The topological polar surface area (TPSA) is 83.4 Å². The first kappa shape index (κ1) is 13.8. The molecule has 0 saturated carbocycles. The smallest absolute Gasteiger partial charge is 0.322 e. The third-order valence-corrected chi connectivity index (χ3v) is 3.36. The molecule has 1 saturated heterocycles. The van der Waals surface area contributed by atoms with Crippen LogP contribution in [-0.4, -0.2) is 53.4 Å². The number of aliphatic hydroxyl groups is 1. The minimum absolute atomic E-state index is 0.183. The highest BCUT2D eigenvalue weighted by Crippen LogP contribution is 2.25. The third kappa shape index (κ3) is 3.23. The molecule has 1 aliphatic rings. The Labute approximate surface area is 113 Å². The minimum Gasteiger partial charge on any atom is -0.467 e. The standard InChI is InChI=1S/C12H21N5O2/c1-13-10-14-11(16-12(15-10)19-2)17-7-4-3-5-9(17)6-8-18/h9,18H,3-8H2,1-2H3,(H,13,14,15,16). The second-order valence-corrected chi connectivity index (χ2v) is 4.55. The lowest BCUT2D eigenvalue weighted by molar-refractivity contribution is 0.261. The maximum atomic E-state index is 9.17. The molecule has 0 bridgehead atoms. The van der Waals surface area contributed by atoms with Gasteiger partial charge in [0.05, 0.1) is 7.11 Å². The van der Waals surface area contributed by atoms with Crippen LogP contribution in [0.25, 0.3) is 0 Å². The molecule has 1 unspecified atom stereocenters. The van der Waals surface area contributed by atoms with Crippen LogP contribution in [-0.2, 0) is 0 Å². The average Bonchev–Trinajstić information content (AvgIpc) is 2.47. The number of rotatable bonds is 5. The molecule has 19 heavy (non-hydrogen) atoms. The summed E-state index contributed by atoms with van der Waals surface area (Å²) in [6.07, 6.45) is 4.10. The predicted octanol–water partition coefficient (Wildman–Crippen LogP) is 0.663. The van der Waals surface area contributed by atoms with Crippen molar-refractivity contribution in [3.63, 3.8) is 0 Å². The highest BCUT2D eigenvalue weighted by molar-refractivity contribution is 5.39. The van der Waals surface area contributed by atoms with E-state index in [1.54, 1.807) is 14.2 Å². The predicted molar refractivity (Wildman–Crippen MR) is 72.6 cm³/mol. The van der Waals surface area contributed by atoms with E-state index in [2.05, 4.69) is 25.2 Å². The molecule has 1 aromatic rings. The summed E-state index contributed by atoms with van der Waals surface area (Å²) in [5, 5.41) is 12.1. The van der Waals surface area contributed by atoms with Gasteiger partial charge in [-0.1, -0.05) is 0 Å². The normalized spacial score (nSPS) is 19.3. The second-order valence-electron chi connectivity index (χ2n) is 4.55. The zero-order chi connectivity index (χ0) is 13.7. The Morgan fingerprint density at radius 3 is 2.89 bits per heavy atom. The number of nitrogens with zero attached hydrogens (tertiary/aromatic N) is 4. The van der Waals surface area contributed by atoms with Crippen molar-refractivity contribution in [1.82, 2.24) is 15.0 Å². The lowest BCUT2D eigenvalue weighted by Gasteiger charge is -2.35. The first-order chi connectivity index (χ1) is 9.28. The van der Waals surface area contributed by atoms with Crippen LogP contribution in [0, 0.1) is 0 Å².